The predicted molar refractivity (Wildman–Crippen MR) is 59.8 cm³/mol. The fraction of sp³-hybridized carbons (Fsp3) is 0.455. The first-order valence-electron chi connectivity index (χ1n) is 4.99. The molecule has 0 atom stereocenters. The van der Waals surface area contributed by atoms with Crippen molar-refractivity contribution in [3.63, 3.8) is 0 Å². The van der Waals surface area contributed by atoms with Gasteiger partial charge in [-0.15, -0.1) is 0 Å². The molecule has 0 saturated carbocycles. The smallest absolute Gasteiger partial charge is 0.369 e. The van der Waals surface area contributed by atoms with Gasteiger partial charge in [-0.3, -0.25) is 0 Å². The number of thioether (sulfide) groups is 1. The molecule has 1 radical (unpaired) electrons. The number of alkyl halides is 3. The van der Waals surface area contributed by atoms with Crippen molar-refractivity contribution in [1.82, 2.24) is 0 Å². The molecule has 1 aliphatic heterocycles. The molecule has 87 valence electrons. The van der Waals surface area contributed by atoms with Crippen LogP contribution in [0.3, 0.4) is 0 Å². The van der Waals surface area contributed by atoms with Crippen LogP contribution in [0.25, 0.3) is 0 Å². The first kappa shape index (κ1) is 11.6. The summed E-state index contributed by atoms with van der Waals surface area (Å²) in [6.45, 7) is 1.34. The summed E-state index contributed by atoms with van der Waals surface area (Å²) in [5.74, 6) is 1.76. The largest absolute Gasteiger partial charge is 0.418 e. The van der Waals surface area contributed by atoms with Gasteiger partial charge in [0.1, 0.15) is 0 Å². The quantitative estimate of drug-likeness (QED) is 0.749. The fourth-order valence-electron chi connectivity index (χ4n) is 1.72. The van der Waals surface area contributed by atoms with Gasteiger partial charge < -0.3 is 4.90 Å². The molecule has 16 heavy (non-hydrogen) atoms. The third-order valence-electron chi connectivity index (χ3n) is 2.47. The zero-order valence-corrected chi connectivity index (χ0v) is 9.37. The van der Waals surface area contributed by atoms with Crippen LogP contribution in [0.5, 0.6) is 0 Å². The SMILES string of the molecule is FC(F)(F)c1[c]cccc1N1CCSCC1. The molecule has 1 saturated heterocycles. The van der Waals surface area contributed by atoms with Crippen LogP contribution in [-0.2, 0) is 6.18 Å². The number of benzene rings is 1. The summed E-state index contributed by atoms with van der Waals surface area (Å²) in [6.07, 6.45) is -4.32. The van der Waals surface area contributed by atoms with Gasteiger partial charge in [-0.25, -0.2) is 0 Å². The van der Waals surface area contributed by atoms with Crippen LogP contribution in [0, 0.1) is 6.07 Å². The molecular formula is C11H11F3NS. The number of anilines is 1. The second-order valence-corrected chi connectivity index (χ2v) is 4.75. The Hall–Kier alpha value is -0.840. The van der Waals surface area contributed by atoms with E-state index in [0.29, 0.717) is 13.1 Å². The second-order valence-electron chi connectivity index (χ2n) is 3.53. The van der Waals surface area contributed by atoms with Gasteiger partial charge in [0, 0.05) is 30.3 Å². The third kappa shape index (κ3) is 2.45. The molecule has 0 spiro atoms. The highest BCUT2D eigenvalue weighted by molar-refractivity contribution is 7.99. The van der Waals surface area contributed by atoms with Crippen molar-refractivity contribution >= 4 is 17.4 Å². The van der Waals surface area contributed by atoms with E-state index in [1.807, 2.05) is 0 Å². The van der Waals surface area contributed by atoms with E-state index in [0.717, 1.165) is 11.5 Å². The summed E-state index contributed by atoms with van der Waals surface area (Å²) in [4.78, 5) is 1.79. The molecule has 2 rings (SSSR count). The molecule has 5 heteroatoms. The summed E-state index contributed by atoms with van der Waals surface area (Å²) < 4.78 is 38.2. The molecule has 1 aromatic carbocycles. The first-order valence-corrected chi connectivity index (χ1v) is 6.15. The summed E-state index contributed by atoms with van der Waals surface area (Å²) >= 11 is 1.77. The lowest BCUT2D eigenvalue weighted by molar-refractivity contribution is -0.137. The molecule has 0 bridgehead atoms. The van der Waals surface area contributed by atoms with Crippen LogP contribution in [0.2, 0.25) is 0 Å². The van der Waals surface area contributed by atoms with Gasteiger partial charge >= 0.3 is 6.18 Å². The zero-order chi connectivity index (χ0) is 11.6. The van der Waals surface area contributed by atoms with Gasteiger partial charge in [0.05, 0.1) is 5.56 Å². The van der Waals surface area contributed by atoms with Crippen molar-refractivity contribution in [2.75, 3.05) is 29.5 Å². The average Bonchev–Trinajstić information content (AvgIpc) is 2.29. The Bertz CT molecular complexity index is 358. The maximum absolute atomic E-state index is 12.7. The van der Waals surface area contributed by atoms with Crippen molar-refractivity contribution in [3.05, 3.63) is 29.8 Å². The normalized spacial score (nSPS) is 17.6. The highest BCUT2D eigenvalue weighted by Crippen LogP contribution is 2.36. The zero-order valence-electron chi connectivity index (χ0n) is 8.55. The number of nitrogens with zero attached hydrogens (tertiary/aromatic N) is 1. The number of halogens is 3. The van der Waals surface area contributed by atoms with Gasteiger partial charge in [-0.05, 0) is 12.1 Å². The molecule has 0 N–H and O–H groups in total. The van der Waals surface area contributed by atoms with Crippen LogP contribution < -0.4 is 4.90 Å². The Morgan fingerprint density at radius 1 is 1.25 bits per heavy atom. The summed E-state index contributed by atoms with van der Waals surface area (Å²) in [5.41, 5.74) is -0.391. The highest BCUT2D eigenvalue weighted by Gasteiger charge is 2.35. The molecule has 0 aromatic heterocycles. The Morgan fingerprint density at radius 3 is 2.56 bits per heavy atom. The number of hydrogen-bond donors (Lipinski definition) is 0. The van der Waals surface area contributed by atoms with E-state index in [2.05, 4.69) is 6.07 Å². The molecule has 0 aliphatic carbocycles. The lowest BCUT2D eigenvalue weighted by Crippen LogP contribution is -2.34. The van der Waals surface area contributed by atoms with E-state index in [1.54, 1.807) is 22.7 Å². The minimum absolute atomic E-state index is 0.260. The van der Waals surface area contributed by atoms with E-state index < -0.39 is 11.7 Å². The number of hydrogen-bond acceptors (Lipinski definition) is 2. The summed E-state index contributed by atoms with van der Waals surface area (Å²) in [5, 5.41) is 0. The van der Waals surface area contributed by atoms with Crippen molar-refractivity contribution in [3.8, 4) is 0 Å². The fourth-order valence-corrected chi connectivity index (χ4v) is 2.63. The van der Waals surface area contributed by atoms with Gasteiger partial charge in [0.15, 0.2) is 0 Å². The van der Waals surface area contributed by atoms with Gasteiger partial charge in [-0.2, -0.15) is 24.9 Å². The van der Waals surface area contributed by atoms with Gasteiger partial charge in [0.25, 0.3) is 0 Å². The van der Waals surface area contributed by atoms with Crippen LogP contribution in [-0.4, -0.2) is 24.6 Å². The molecule has 1 aliphatic rings. The van der Waals surface area contributed by atoms with Gasteiger partial charge in [-0.1, -0.05) is 12.1 Å². The van der Waals surface area contributed by atoms with Crippen molar-refractivity contribution in [1.29, 1.82) is 0 Å². The highest BCUT2D eigenvalue weighted by atomic mass is 32.2. The van der Waals surface area contributed by atoms with Gasteiger partial charge in [0.2, 0.25) is 0 Å². The first-order chi connectivity index (χ1) is 7.59. The topological polar surface area (TPSA) is 3.24 Å². The maximum atomic E-state index is 12.7. The summed E-state index contributed by atoms with van der Waals surface area (Å²) in [7, 11) is 0. The Labute approximate surface area is 96.6 Å². The monoisotopic (exact) mass is 246 g/mol. The standard InChI is InChI=1S/C11H11F3NS/c12-11(13,14)9-3-1-2-4-10(9)15-5-7-16-8-6-15/h1-2,4H,5-8H2. The Morgan fingerprint density at radius 2 is 1.94 bits per heavy atom. The maximum Gasteiger partial charge on any atom is 0.418 e. The van der Waals surface area contributed by atoms with Crippen molar-refractivity contribution in [2.24, 2.45) is 0 Å². The molecule has 0 amide bonds. The van der Waals surface area contributed by atoms with Crippen molar-refractivity contribution in [2.45, 2.75) is 6.18 Å². The molecule has 1 fully saturated rings. The predicted octanol–water partition coefficient (Wildman–Crippen LogP) is 3.06. The van der Waals surface area contributed by atoms with E-state index >= 15 is 0 Å². The Kier molecular flexibility index (Phi) is 3.33. The van der Waals surface area contributed by atoms with E-state index in [1.165, 1.54) is 12.1 Å². The molecule has 1 aromatic rings. The van der Waals surface area contributed by atoms with Crippen LogP contribution in [0.1, 0.15) is 5.56 Å². The average molecular weight is 246 g/mol. The molecule has 1 heterocycles. The molecule has 0 unspecified atom stereocenters. The van der Waals surface area contributed by atoms with Crippen molar-refractivity contribution < 1.29 is 13.2 Å². The minimum Gasteiger partial charge on any atom is -0.369 e. The third-order valence-corrected chi connectivity index (χ3v) is 3.41. The Balaban J connectivity index is 2.32. The van der Waals surface area contributed by atoms with E-state index in [-0.39, 0.29) is 5.69 Å². The van der Waals surface area contributed by atoms with Crippen LogP contribution >= 0.6 is 11.8 Å². The minimum atomic E-state index is -4.32. The van der Waals surface area contributed by atoms with E-state index in [4.69, 9.17) is 0 Å². The molecular weight excluding hydrogens is 235 g/mol. The van der Waals surface area contributed by atoms with Crippen LogP contribution in [0.4, 0.5) is 18.9 Å². The van der Waals surface area contributed by atoms with Crippen LogP contribution in [0.15, 0.2) is 18.2 Å². The van der Waals surface area contributed by atoms with E-state index in [9.17, 15) is 13.2 Å². The lowest BCUT2D eigenvalue weighted by atomic mass is 10.1. The molecule has 1 nitrogen and oxygen atoms in total. The summed E-state index contributed by atoms with van der Waals surface area (Å²) in [6, 6.07) is 6.74. The number of rotatable bonds is 1. The lowest BCUT2D eigenvalue weighted by Gasteiger charge is -2.30. The second kappa shape index (κ2) is 4.57.